The first-order valence-electron chi connectivity index (χ1n) is 8.35. The van der Waals surface area contributed by atoms with Crippen LogP contribution in [0.15, 0.2) is 46.8 Å². The SMILES string of the molecule is N#Cc1c(N)nc(SCC(=O)NCc2ccc(Cl)cc2)c(C#N)c1-c1cccs1. The molecule has 0 atom stereocenters. The topological polar surface area (TPSA) is 116 Å². The smallest absolute Gasteiger partial charge is 0.230 e. The van der Waals surface area contributed by atoms with Gasteiger partial charge in [0.1, 0.15) is 28.5 Å². The normalized spacial score (nSPS) is 10.2. The molecule has 1 amide bonds. The highest BCUT2D eigenvalue weighted by atomic mass is 35.5. The Hall–Kier alpha value is -3.04. The highest BCUT2D eigenvalue weighted by Gasteiger charge is 2.21. The average Bonchev–Trinajstić information content (AvgIpc) is 3.25. The van der Waals surface area contributed by atoms with Gasteiger partial charge in [0.2, 0.25) is 5.91 Å². The lowest BCUT2D eigenvalue weighted by molar-refractivity contribution is -0.118. The Balaban J connectivity index is 1.77. The lowest BCUT2D eigenvalue weighted by Crippen LogP contribution is -2.24. The minimum atomic E-state index is -0.212. The van der Waals surface area contributed by atoms with Crippen LogP contribution in [0.3, 0.4) is 0 Å². The number of aromatic nitrogens is 1. The number of thioether (sulfide) groups is 1. The molecule has 0 fully saturated rings. The second kappa shape index (κ2) is 9.44. The summed E-state index contributed by atoms with van der Waals surface area (Å²) in [6.07, 6.45) is 0. The minimum absolute atomic E-state index is 0.0407. The lowest BCUT2D eigenvalue weighted by Gasteiger charge is -2.11. The van der Waals surface area contributed by atoms with E-state index in [1.807, 2.05) is 35.7 Å². The van der Waals surface area contributed by atoms with Crippen LogP contribution in [0, 0.1) is 22.7 Å². The number of hydrogen-bond acceptors (Lipinski definition) is 7. The quantitative estimate of drug-likeness (QED) is 0.556. The number of carbonyl (C=O) groups is 1. The van der Waals surface area contributed by atoms with Gasteiger partial charge in [-0.3, -0.25) is 4.79 Å². The Labute approximate surface area is 180 Å². The minimum Gasteiger partial charge on any atom is -0.383 e. The molecule has 3 N–H and O–H groups in total. The maximum atomic E-state index is 12.2. The number of nitriles is 2. The second-order valence-corrected chi connectivity index (χ2v) is 8.17. The van der Waals surface area contributed by atoms with Gasteiger partial charge in [0, 0.05) is 22.0 Å². The Kier molecular flexibility index (Phi) is 6.73. The third-order valence-electron chi connectivity index (χ3n) is 3.93. The van der Waals surface area contributed by atoms with Gasteiger partial charge in [0.05, 0.1) is 11.3 Å². The fraction of sp³-hybridized carbons (Fsp3) is 0.100. The van der Waals surface area contributed by atoms with Crippen LogP contribution < -0.4 is 11.1 Å². The van der Waals surface area contributed by atoms with Gasteiger partial charge in [0.15, 0.2) is 0 Å². The Morgan fingerprint density at radius 3 is 2.55 bits per heavy atom. The number of halogens is 1. The molecule has 9 heteroatoms. The van der Waals surface area contributed by atoms with Crippen molar-refractivity contribution in [1.29, 1.82) is 10.5 Å². The molecule has 0 saturated carbocycles. The molecule has 29 heavy (non-hydrogen) atoms. The zero-order valence-electron chi connectivity index (χ0n) is 15.0. The monoisotopic (exact) mass is 439 g/mol. The first-order valence-corrected chi connectivity index (χ1v) is 10.6. The zero-order valence-corrected chi connectivity index (χ0v) is 17.4. The number of nitrogens with zero attached hydrogens (tertiary/aromatic N) is 3. The summed E-state index contributed by atoms with van der Waals surface area (Å²) in [5.74, 6) is -0.111. The standard InChI is InChI=1S/C20H14ClN5OS2/c21-13-5-3-12(4-6-13)10-25-17(27)11-29-20-15(9-23)18(16-2-1-7-28-16)14(8-22)19(24)26-20/h1-7H,10-11H2,(H2,24,26)(H,25,27). The first kappa shape index (κ1) is 20.7. The van der Waals surface area contributed by atoms with Crippen LogP contribution >= 0.6 is 34.7 Å². The van der Waals surface area contributed by atoms with Gasteiger partial charge >= 0.3 is 0 Å². The Morgan fingerprint density at radius 1 is 1.21 bits per heavy atom. The first-order chi connectivity index (χ1) is 14.0. The highest BCUT2D eigenvalue weighted by Crippen LogP contribution is 2.37. The summed E-state index contributed by atoms with van der Waals surface area (Å²) in [6.45, 7) is 0.366. The van der Waals surface area contributed by atoms with E-state index in [4.69, 9.17) is 17.3 Å². The molecule has 0 unspecified atom stereocenters. The van der Waals surface area contributed by atoms with E-state index in [0.717, 1.165) is 22.2 Å². The van der Waals surface area contributed by atoms with E-state index in [0.29, 0.717) is 22.2 Å². The van der Waals surface area contributed by atoms with Crippen LogP contribution in [0.5, 0.6) is 0 Å². The summed E-state index contributed by atoms with van der Waals surface area (Å²) >= 11 is 8.36. The molecule has 0 aliphatic carbocycles. The molecule has 0 aliphatic rings. The number of pyridine rings is 1. The van der Waals surface area contributed by atoms with Gasteiger partial charge in [-0.05, 0) is 29.1 Å². The summed E-state index contributed by atoms with van der Waals surface area (Å²) < 4.78 is 0. The Morgan fingerprint density at radius 2 is 1.93 bits per heavy atom. The van der Waals surface area contributed by atoms with Gasteiger partial charge < -0.3 is 11.1 Å². The van der Waals surface area contributed by atoms with Gasteiger partial charge in [0.25, 0.3) is 0 Å². The summed E-state index contributed by atoms with van der Waals surface area (Å²) in [6, 6.07) is 15.0. The zero-order chi connectivity index (χ0) is 20.8. The summed E-state index contributed by atoms with van der Waals surface area (Å²) in [4.78, 5) is 17.2. The van der Waals surface area contributed by atoms with E-state index in [1.54, 1.807) is 12.1 Å². The summed E-state index contributed by atoms with van der Waals surface area (Å²) in [7, 11) is 0. The fourth-order valence-corrected chi connectivity index (χ4v) is 4.29. The predicted octanol–water partition coefficient (Wildman–Crippen LogP) is 4.20. The molecule has 0 bridgehead atoms. The van der Waals surface area contributed by atoms with Crippen LogP contribution in [0.1, 0.15) is 16.7 Å². The lowest BCUT2D eigenvalue weighted by atomic mass is 10.0. The van der Waals surface area contributed by atoms with Crippen molar-refractivity contribution in [3.8, 4) is 22.6 Å². The molecule has 6 nitrogen and oxygen atoms in total. The van der Waals surface area contributed by atoms with Crippen molar-refractivity contribution >= 4 is 46.4 Å². The Bertz CT molecular complexity index is 1120. The van der Waals surface area contributed by atoms with Gasteiger partial charge in [-0.2, -0.15) is 10.5 Å². The third kappa shape index (κ3) is 4.87. The molecule has 0 aliphatic heterocycles. The van der Waals surface area contributed by atoms with E-state index < -0.39 is 0 Å². The van der Waals surface area contributed by atoms with E-state index in [-0.39, 0.29) is 28.6 Å². The molecular weight excluding hydrogens is 426 g/mol. The van der Waals surface area contributed by atoms with Crippen LogP contribution in [0.2, 0.25) is 5.02 Å². The van der Waals surface area contributed by atoms with Crippen LogP contribution in [-0.2, 0) is 11.3 Å². The molecule has 0 spiro atoms. The largest absolute Gasteiger partial charge is 0.383 e. The van der Waals surface area contributed by atoms with Crippen LogP contribution in [-0.4, -0.2) is 16.6 Å². The molecule has 2 heterocycles. The van der Waals surface area contributed by atoms with E-state index >= 15 is 0 Å². The number of amides is 1. The van der Waals surface area contributed by atoms with Crippen molar-refractivity contribution in [3.05, 3.63) is 63.5 Å². The number of rotatable bonds is 6. The summed E-state index contributed by atoms with van der Waals surface area (Å²) in [5.41, 5.74) is 7.75. The van der Waals surface area contributed by atoms with Gasteiger partial charge in [-0.25, -0.2) is 4.98 Å². The number of benzene rings is 1. The highest BCUT2D eigenvalue weighted by molar-refractivity contribution is 8.00. The van der Waals surface area contributed by atoms with Crippen molar-refractivity contribution in [2.75, 3.05) is 11.5 Å². The number of nitrogen functional groups attached to an aromatic ring is 1. The number of anilines is 1. The van der Waals surface area contributed by atoms with Gasteiger partial charge in [-0.1, -0.05) is 41.6 Å². The molecule has 0 radical (unpaired) electrons. The van der Waals surface area contributed by atoms with Crippen molar-refractivity contribution < 1.29 is 4.79 Å². The van der Waals surface area contributed by atoms with Crippen molar-refractivity contribution in [2.45, 2.75) is 11.6 Å². The maximum absolute atomic E-state index is 12.2. The predicted molar refractivity (Wildman–Crippen MR) is 115 cm³/mol. The molecule has 0 saturated heterocycles. The number of nitrogens with two attached hydrogens (primary N) is 1. The number of nitrogens with one attached hydrogen (secondary N) is 1. The molecule has 1 aromatic carbocycles. The fourth-order valence-electron chi connectivity index (χ4n) is 2.56. The van der Waals surface area contributed by atoms with Crippen molar-refractivity contribution in [3.63, 3.8) is 0 Å². The number of thiophene rings is 1. The molecule has 144 valence electrons. The van der Waals surface area contributed by atoms with Crippen LogP contribution in [0.25, 0.3) is 10.4 Å². The molecular formula is C20H14ClN5OS2. The van der Waals surface area contributed by atoms with Crippen molar-refractivity contribution in [2.24, 2.45) is 0 Å². The third-order valence-corrected chi connectivity index (χ3v) is 6.04. The van der Waals surface area contributed by atoms with E-state index in [1.165, 1.54) is 11.3 Å². The summed E-state index contributed by atoms with van der Waals surface area (Å²) in [5, 5.41) is 24.8. The van der Waals surface area contributed by atoms with E-state index in [9.17, 15) is 15.3 Å². The maximum Gasteiger partial charge on any atom is 0.230 e. The average molecular weight is 440 g/mol. The van der Waals surface area contributed by atoms with E-state index in [2.05, 4.69) is 16.4 Å². The van der Waals surface area contributed by atoms with Gasteiger partial charge in [-0.15, -0.1) is 11.3 Å². The number of carbonyl (C=O) groups excluding carboxylic acids is 1. The molecule has 3 aromatic rings. The second-order valence-electron chi connectivity index (χ2n) is 5.82. The van der Waals surface area contributed by atoms with Crippen molar-refractivity contribution in [1.82, 2.24) is 10.3 Å². The molecule has 3 rings (SSSR count). The number of hydrogen-bond donors (Lipinski definition) is 2. The van der Waals surface area contributed by atoms with Crippen LogP contribution in [0.4, 0.5) is 5.82 Å². The molecule has 2 aromatic heterocycles.